The average Bonchev–Trinajstić information content (AvgIpc) is 3.26. The number of ketones is 1. The third-order valence-electron chi connectivity index (χ3n) is 11.1. The molecular weight excluding hydrogens is 507 g/mol. The fraction of sp³-hybridized carbons (Fsp3) is 0.606. The first-order valence-electron chi connectivity index (χ1n) is 15.0. The van der Waals surface area contributed by atoms with E-state index in [-0.39, 0.29) is 30.1 Å². The number of benzene rings is 2. The molecule has 0 aromatic heterocycles. The van der Waals surface area contributed by atoms with Gasteiger partial charge in [0.15, 0.2) is 0 Å². The van der Waals surface area contributed by atoms with Crippen LogP contribution in [-0.2, 0) is 36.1 Å². The van der Waals surface area contributed by atoms with E-state index in [2.05, 4.69) is 13.8 Å². The molecule has 4 aliphatic rings. The van der Waals surface area contributed by atoms with Gasteiger partial charge in [-0.3, -0.25) is 18.4 Å². The molecule has 39 heavy (non-hydrogen) atoms. The zero-order valence-corrected chi connectivity index (χ0v) is 24.3. The summed E-state index contributed by atoms with van der Waals surface area (Å²) in [5.41, 5.74) is 2.06. The van der Waals surface area contributed by atoms with Crippen LogP contribution in [0.15, 0.2) is 60.7 Å². The van der Waals surface area contributed by atoms with Gasteiger partial charge in [0, 0.05) is 11.8 Å². The fourth-order valence-electron chi connectivity index (χ4n) is 8.82. The standard InChI is InChI=1S/C33H43O5P/c1-32-19-17-27(21-26(32)13-14-28-29-15-16-31(34)33(29,2)20-18-30(28)32)38-39(35,36-22-24-9-5-3-6-10-24)37-23-25-11-7-4-8-12-25/h3-12,26-30H,13-23H2,1-2H3/t26-,27+,28-,29-,30-,32-,33-/m0/s1. The molecule has 0 aliphatic heterocycles. The number of phosphoric ester groups is 1. The summed E-state index contributed by atoms with van der Waals surface area (Å²) >= 11 is 0. The predicted molar refractivity (Wildman–Crippen MR) is 152 cm³/mol. The van der Waals surface area contributed by atoms with E-state index in [1.54, 1.807) is 0 Å². The van der Waals surface area contributed by atoms with Crippen molar-refractivity contribution in [2.75, 3.05) is 0 Å². The maximum Gasteiger partial charge on any atom is 0.475 e. The Labute approximate surface area is 233 Å². The first kappa shape index (κ1) is 27.4. The van der Waals surface area contributed by atoms with Gasteiger partial charge in [0.2, 0.25) is 0 Å². The molecule has 6 rings (SSSR count). The van der Waals surface area contributed by atoms with Gasteiger partial charge in [-0.2, -0.15) is 0 Å². The molecule has 210 valence electrons. The Morgan fingerprint density at radius 2 is 1.44 bits per heavy atom. The maximum atomic E-state index is 14.0. The van der Waals surface area contributed by atoms with E-state index in [0.29, 0.717) is 29.5 Å². The molecule has 0 saturated heterocycles. The van der Waals surface area contributed by atoms with Crippen LogP contribution in [0.2, 0.25) is 0 Å². The van der Waals surface area contributed by atoms with Crippen LogP contribution in [0.4, 0.5) is 0 Å². The highest BCUT2D eigenvalue weighted by Gasteiger charge is 2.60. The molecule has 0 N–H and O–H groups in total. The zero-order chi connectivity index (χ0) is 27.1. The van der Waals surface area contributed by atoms with Crippen LogP contribution in [-0.4, -0.2) is 11.9 Å². The second-order valence-corrected chi connectivity index (χ2v) is 14.7. The molecular formula is C33H43O5P. The van der Waals surface area contributed by atoms with Crippen molar-refractivity contribution in [1.29, 1.82) is 0 Å². The number of carbonyl (C=O) groups excluding carboxylic acids is 1. The van der Waals surface area contributed by atoms with E-state index in [1.807, 2.05) is 60.7 Å². The van der Waals surface area contributed by atoms with E-state index in [0.717, 1.165) is 49.7 Å². The second kappa shape index (κ2) is 10.9. The molecule has 0 spiro atoms. The minimum absolute atomic E-state index is 0.0799. The Hall–Kier alpha value is -1.78. The summed E-state index contributed by atoms with van der Waals surface area (Å²) in [6.07, 6.45) is 9.15. The molecule has 4 aliphatic carbocycles. The number of Topliss-reactive ketones (excluding diaryl/α,β-unsaturated/α-hetero) is 1. The quantitative estimate of drug-likeness (QED) is 0.308. The first-order valence-corrected chi connectivity index (χ1v) is 16.4. The van der Waals surface area contributed by atoms with E-state index < -0.39 is 7.82 Å². The van der Waals surface area contributed by atoms with Crippen molar-refractivity contribution in [2.24, 2.45) is 34.5 Å². The summed E-state index contributed by atoms with van der Waals surface area (Å²) < 4.78 is 32.2. The number of fused-ring (bicyclic) bond motifs is 5. The topological polar surface area (TPSA) is 61.8 Å². The van der Waals surface area contributed by atoms with Crippen molar-refractivity contribution >= 4 is 13.6 Å². The zero-order valence-electron chi connectivity index (χ0n) is 23.4. The fourth-order valence-corrected chi connectivity index (χ4v) is 10.2. The number of rotatable bonds is 8. The van der Waals surface area contributed by atoms with Crippen LogP contribution >= 0.6 is 7.82 Å². The van der Waals surface area contributed by atoms with Gasteiger partial charge in [0.05, 0.1) is 19.3 Å². The van der Waals surface area contributed by atoms with Crippen LogP contribution in [0.3, 0.4) is 0 Å². The van der Waals surface area contributed by atoms with Gasteiger partial charge in [-0.15, -0.1) is 0 Å². The van der Waals surface area contributed by atoms with Gasteiger partial charge >= 0.3 is 7.82 Å². The average molecular weight is 551 g/mol. The Kier molecular flexibility index (Phi) is 7.65. The molecule has 0 amide bonds. The number of phosphoric acid groups is 1. The molecule has 4 saturated carbocycles. The summed E-state index contributed by atoms with van der Waals surface area (Å²) in [6.45, 7) is 5.12. The summed E-state index contributed by atoms with van der Waals surface area (Å²) in [7, 11) is -3.79. The van der Waals surface area contributed by atoms with E-state index >= 15 is 0 Å². The molecule has 6 heteroatoms. The molecule has 0 bridgehead atoms. The van der Waals surface area contributed by atoms with Crippen molar-refractivity contribution in [2.45, 2.75) is 91.0 Å². The van der Waals surface area contributed by atoms with Crippen LogP contribution in [0.5, 0.6) is 0 Å². The molecule has 0 heterocycles. The molecule has 2 aromatic rings. The molecule has 4 fully saturated rings. The lowest BCUT2D eigenvalue weighted by Crippen LogP contribution is -2.54. The van der Waals surface area contributed by atoms with Gasteiger partial charge in [0.25, 0.3) is 0 Å². The normalized spacial score (nSPS) is 36.2. The highest BCUT2D eigenvalue weighted by atomic mass is 31.2. The highest BCUT2D eigenvalue weighted by Crippen LogP contribution is 2.66. The minimum Gasteiger partial charge on any atom is -0.299 e. The third-order valence-corrected chi connectivity index (χ3v) is 12.5. The van der Waals surface area contributed by atoms with E-state index in [1.165, 1.54) is 19.3 Å². The lowest BCUT2D eigenvalue weighted by molar-refractivity contribution is -0.142. The van der Waals surface area contributed by atoms with Crippen LogP contribution in [0.1, 0.15) is 82.8 Å². The van der Waals surface area contributed by atoms with Gasteiger partial charge < -0.3 is 0 Å². The van der Waals surface area contributed by atoms with Crippen LogP contribution in [0.25, 0.3) is 0 Å². The Morgan fingerprint density at radius 3 is 2.08 bits per heavy atom. The molecule has 2 aromatic carbocycles. The highest BCUT2D eigenvalue weighted by molar-refractivity contribution is 7.48. The summed E-state index contributed by atoms with van der Waals surface area (Å²) in [5.74, 6) is 2.96. The van der Waals surface area contributed by atoms with Gasteiger partial charge in [-0.05, 0) is 91.6 Å². The monoisotopic (exact) mass is 550 g/mol. The summed E-state index contributed by atoms with van der Waals surface area (Å²) in [4.78, 5) is 12.8. The molecule has 0 radical (unpaired) electrons. The Morgan fingerprint density at radius 1 is 0.795 bits per heavy atom. The summed E-state index contributed by atoms with van der Waals surface area (Å²) in [6, 6.07) is 19.5. The third kappa shape index (κ3) is 5.33. The maximum absolute atomic E-state index is 14.0. The van der Waals surface area contributed by atoms with Crippen LogP contribution in [0, 0.1) is 34.5 Å². The Balaban J connectivity index is 1.14. The van der Waals surface area contributed by atoms with Crippen molar-refractivity contribution in [3.63, 3.8) is 0 Å². The largest absolute Gasteiger partial charge is 0.475 e. The number of hydrogen-bond acceptors (Lipinski definition) is 5. The summed E-state index contributed by atoms with van der Waals surface area (Å²) in [5, 5.41) is 0. The Bertz CT molecular complexity index is 1150. The number of hydrogen-bond donors (Lipinski definition) is 0. The first-order chi connectivity index (χ1) is 18.8. The van der Waals surface area contributed by atoms with Crippen molar-refractivity contribution in [3.05, 3.63) is 71.8 Å². The van der Waals surface area contributed by atoms with E-state index in [9.17, 15) is 9.36 Å². The van der Waals surface area contributed by atoms with E-state index in [4.69, 9.17) is 13.6 Å². The number of carbonyl (C=O) groups is 1. The smallest absolute Gasteiger partial charge is 0.299 e. The van der Waals surface area contributed by atoms with Crippen molar-refractivity contribution in [3.8, 4) is 0 Å². The van der Waals surface area contributed by atoms with Gasteiger partial charge in [-0.1, -0.05) is 74.5 Å². The van der Waals surface area contributed by atoms with Crippen molar-refractivity contribution < 1.29 is 22.9 Å². The lowest BCUT2D eigenvalue weighted by Gasteiger charge is -2.60. The van der Waals surface area contributed by atoms with Gasteiger partial charge in [0.1, 0.15) is 5.78 Å². The minimum atomic E-state index is -3.79. The lowest BCUT2D eigenvalue weighted by atomic mass is 9.45. The van der Waals surface area contributed by atoms with Crippen LogP contribution < -0.4 is 0 Å². The second-order valence-electron chi connectivity index (χ2n) is 13.0. The molecule has 7 atom stereocenters. The molecule has 5 nitrogen and oxygen atoms in total. The SMILES string of the molecule is C[C@]12CC[C@@H](OP(=O)(OCc3ccccc3)OCc3ccccc3)C[C@@H]1CC[C@@H]1[C@@H]2CC[C@]2(C)C(=O)CC[C@@H]12. The predicted octanol–water partition coefficient (Wildman–Crippen LogP) is 8.53. The van der Waals surface area contributed by atoms with Gasteiger partial charge in [-0.25, -0.2) is 4.57 Å². The molecule has 0 unspecified atom stereocenters. The van der Waals surface area contributed by atoms with Crippen molar-refractivity contribution in [1.82, 2.24) is 0 Å².